The van der Waals surface area contributed by atoms with Crippen molar-refractivity contribution in [3.8, 4) is 0 Å². The van der Waals surface area contributed by atoms with Gasteiger partial charge in [-0.2, -0.15) is 0 Å². The molecule has 0 aromatic rings. The molecule has 1 aliphatic rings. The molecule has 1 rings (SSSR count). The van der Waals surface area contributed by atoms with Crippen LogP contribution in [0.1, 0.15) is 58.3 Å². The summed E-state index contributed by atoms with van der Waals surface area (Å²) in [6.07, 6.45) is 6.25. The Bertz CT molecular complexity index is 303. The van der Waals surface area contributed by atoms with Gasteiger partial charge in [0.25, 0.3) is 0 Å². The number of ketones is 1. The van der Waals surface area contributed by atoms with Gasteiger partial charge in [0, 0.05) is 13.5 Å². The summed E-state index contributed by atoms with van der Waals surface area (Å²) in [5.41, 5.74) is 0. The van der Waals surface area contributed by atoms with Crippen molar-refractivity contribution >= 4 is 11.9 Å². The van der Waals surface area contributed by atoms with Crippen LogP contribution in [0.15, 0.2) is 0 Å². The molecular weight excluding hydrogens is 260 g/mol. The van der Waals surface area contributed by atoms with Crippen LogP contribution in [0.25, 0.3) is 0 Å². The Labute approximate surface area is 121 Å². The zero-order valence-electron chi connectivity index (χ0n) is 12.6. The molecule has 0 spiro atoms. The number of methoxy groups -OCH3 is 1. The first kappa shape index (κ1) is 17.0. The van der Waals surface area contributed by atoms with Crippen LogP contribution in [-0.4, -0.2) is 37.9 Å². The molecule has 5 nitrogen and oxygen atoms in total. The van der Waals surface area contributed by atoms with Crippen molar-refractivity contribution in [2.45, 2.75) is 70.5 Å². The number of unbranched alkanes of at least 4 members (excludes halogenated alkanes) is 2. The lowest BCUT2D eigenvalue weighted by atomic mass is 9.95. The first-order valence-electron chi connectivity index (χ1n) is 7.49. The van der Waals surface area contributed by atoms with Crippen LogP contribution in [0.3, 0.4) is 0 Å². The first-order chi connectivity index (χ1) is 9.63. The van der Waals surface area contributed by atoms with Gasteiger partial charge >= 0.3 is 6.16 Å². The molecule has 0 aliphatic heterocycles. The lowest BCUT2D eigenvalue weighted by Gasteiger charge is -2.29. The molecule has 0 N–H and O–H groups in total. The van der Waals surface area contributed by atoms with Gasteiger partial charge in [0.05, 0.1) is 12.7 Å². The topological polar surface area (TPSA) is 61.8 Å². The van der Waals surface area contributed by atoms with Crippen LogP contribution < -0.4 is 0 Å². The number of carbonyl (C=O) groups excluding carboxylic acids is 2. The van der Waals surface area contributed by atoms with Gasteiger partial charge in [-0.25, -0.2) is 4.79 Å². The van der Waals surface area contributed by atoms with Crippen LogP contribution >= 0.6 is 0 Å². The van der Waals surface area contributed by atoms with Gasteiger partial charge in [-0.3, -0.25) is 0 Å². The van der Waals surface area contributed by atoms with Gasteiger partial charge in [-0.15, -0.1) is 0 Å². The summed E-state index contributed by atoms with van der Waals surface area (Å²) in [5, 5.41) is 0. The number of hydrogen-bond donors (Lipinski definition) is 0. The lowest BCUT2D eigenvalue weighted by Crippen LogP contribution is -2.35. The van der Waals surface area contributed by atoms with Gasteiger partial charge < -0.3 is 19.0 Å². The Morgan fingerprint density at radius 1 is 1.05 bits per heavy atom. The van der Waals surface area contributed by atoms with E-state index in [-0.39, 0.29) is 18.0 Å². The summed E-state index contributed by atoms with van der Waals surface area (Å²) in [5.74, 6) is 0.202. The molecule has 0 amide bonds. The highest BCUT2D eigenvalue weighted by Gasteiger charge is 2.28. The third-order valence-electron chi connectivity index (χ3n) is 3.59. The first-order valence-corrected chi connectivity index (χ1v) is 7.49. The van der Waals surface area contributed by atoms with Gasteiger partial charge in [-0.1, -0.05) is 6.42 Å². The molecule has 5 heteroatoms. The SMILES string of the molecule is COC1CCCCC1OC(=O)OCCCCCC(C)=O. The van der Waals surface area contributed by atoms with E-state index in [4.69, 9.17) is 14.2 Å². The standard InChI is InChI=1S/C15H26O5/c1-12(16)8-4-3-7-11-19-15(17)20-14-10-6-5-9-13(14)18-2/h13-14H,3-11H2,1-2H3. The van der Waals surface area contributed by atoms with E-state index in [1.54, 1.807) is 14.0 Å². The summed E-state index contributed by atoms with van der Waals surface area (Å²) in [6, 6.07) is 0. The molecule has 1 aliphatic carbocycles. The third kappa shape index (κ3) is 6.89. The summed E-state index contributed by atoms with van der Waals surface area (Å²) >= 11 is 0. The lowest BCUT2D eigenvalue weighted by molar-refractivity contribution is -0.117. The Morgan fingerprint density at radius 2 is 1.75 bits per heavy atom. The normalized spacial score (nSPS) is 22.3. The van der Waals surface area contributed by atoms with Gasteiger partial charge in [-0.05, 0) is 45.4 Å². The smallest absolute Gasteiger partial charge is 0.434 e. The van der Waals surface area contributed by atoms with E-state index in [2.05, 4.69) is 0 Å². The number of carbonyl (C=O) groups is 2. The second kappa shape index (κ2) is 9.75. The molecule has 2 unspecified atom stereocenters. The van der Waals surface area contributed by atoms with Gasteiger partial charge in [0.15, 0.2) is 0 Å². The van der Waals surface area contributed by atoms with E-state index in [0.717, 1.165) is 44.9 Å². The molecule has 0 saturated heterocycles. The van der Waals surface area contributed by atoms with Crippen LogP contribution in [0.2, 0.25) is 0 Å². The maximum absolute atomic E-state index is 11.6. The quantitative estimate of drug-likeness (QED) is 0.506. The van der Waals surface area contributed by atoms with Gasteiger partial charge in [0.2, 0.25) is 0 Å². The third-order valence-corrected chi connectivity index (χ3v) is 3.59. The monoisotopic (exact) mass is 286 g/mol. The molecule has 0 heterocycles. The fraction of sp³-hybridized carbons (Fsp3) is 0.867. The Hall–Kier alpha value is -1.10. The van der Waals surface area contributed by atoms with Crippen LogP contribution in [0.4, 0.5) is 4.79 Å². The summed E-state index contributed by atoms with van der Waals surface area (Å²) in [7, 11) is 1.65. The van der Waals surface area contributed by atoms with Crippen LogP contribution in [0, 0.1) is 0 Å². The molecular formula is C15H26O5. The summed E-state index contributed by atoms with van der Waals surface area (Å²) in [4.78, 5) is 22.3. The molecule has 0 bridgehead atoms. The molecule has 0 aromatic heterocycles. The van der Waals surface area contributed by atoms with E-state index in [0.29, 0.717) is 13.0 Å². The zero-order valence-corrected chi connectivity index (χ0v) is 12.6. The molecule has 116 valence electrons. The van der Waals surface area contributed by atoms with E-state index in [9.17, 15) is 9.59 Å². The van der Waals surface area contributed by atoms with Crippen molar-refractivity contribution in [2.75, 3.05) is 13.7 Å². The van der Waals surface area contributed by atoms with Crippen molar-refractivity contribution < 1.29 is 23.8 Å². The molecule has 1 saturated carbocycles. The highest BCUT2D eigenvalue weighted by molar-refractivity contribution is 5.75. The second-order valence-corrected chi connectivity index (χ2v) is 5.33. The Kier molecular flexibility index (Phi) is 8.26. The van der Waals surface area contributed by atoms with Gasteiger partial charge in [0.1, 0.15) is 11.9 Å². The second-order valence-electron chi connectivity index (χ2n) is 5.33. The average Bonchev–Trinajstić information content (AvgIpc) is 2.43. The van der Waals surface area contributed by atoms with E-state index in [1.165, 1.54) is 0 Å². The van der Waals surface area contributed by atoms with Crippen molar-refractivity contribution in [1.82, 2.24) is 0 Å². The molecule has 0 aromatic carbocycles. The van der Waals surface area contributed by atoms with Crippen LogP contribution in [0.5, 0.6) is 0 Å². The van der Waals surface area contributed by atoms with E-state index in [1.807, 2.05) is 0 Å². The average molecular weight is 286 g/mol. The number of hydrogen-bond acceptors (Lipinski definition) is 5. The zero-order chi connectivity index (χ0) is 14.8. The minimum absolute atomic E-state index is 0.00753. The maximum atomic E-state index is 11.6. The largest absolute Gasteiger partial charge is 0.508 e. The minimum atomic E-state index is -0.606. The predicted octanol–water partition coefficient (Wildman–Crippen LogP) is 3.25. The summed E-state index contributed by atoms with van der Waals surface area (Å²) < 4.78 is 15.7. The number of ether oxygens (including phenoxy) is 3. The Balaban J connectivity index is 2.08. The number of Topliss-reactive ketones (excluding diaryl/α,β-unsaturated/α-hetero) is 1. The van der Waals surface area contributed by atoms with E-state index < -0.39 is 6.16 Å². The Morgan fingerprint density at radius 3 is 2.40 bits per heavy atom. The van der Waals surface area contributed by atoms with Crippen molar-refractivity contribution in [1.29, 1.82) is 0 Å². The minimum Gasteiger partial charge on any atom is -0.434 e. The fourth-order valence-corrected chi connectivity index (χ4v) is 2.43. The highest BCUT2D eigenvalue weighted by Crippen LogP contribution is 2.23. The molecule has 0 radical (unpaired) electrons. The van der Waals surface area contributed by atoms with E-state index >= 15 is 0 Å². The fourth-order valence-electron chi connectivity index (χ4n) is 2.43. The highest BCUT2D eigenvalue weighted by atomic mass is 16.7. The molecule has 1 fully saturated rings. The molecule has 20 heavy (non-hydrogen) atoms. The predicted molar refractivity (Wildman–Crippen MR) is 74.6 cm³/mol. The number of rotatable bonds is 8. The van der Waals surface area contributed by atoms with Crippen molar-refractivity contribution in [3.05, 3.63) is 0 Å². The summed E-state index contributed by atoms with van der Waals surface area (Å²) in [6.45, 7) is 1.94. The van der Waals surface area contributed by atoms with Crippen molar-refractivity contribution in [3.63, 3.8) is 0 Å². The maximum Gasteiger partial charge on any atom is 0.508 e. The molecule has 2 atom stereocenters. The van der Waals surface area contributed by atoms with Crippen LogP contribution in [-0.2, 0) is 19.0 Å². The van der Waals surface area contributed by atoms with Crippen molar-refractivity contribution in [2.24, 2.45) is 0 Å².